The lowest BCUT2D eigenvalue weighted by molar-refractivity contribution is 0.0971. The average molecular weight is 254 g/mol. The number of carbonyl (C=O) groups excluding carboxylic acids is 1. The van der Waals surface area contributed by atoms with Crippen LogP contribution in [0.15, 0.2) is 58.3 Å². The maximum Gasteiger partial charge on any atom is 0.253 e. The molecular weight excluding hydrogens is 244 g/mol. The quantitative estimate of drug-likeness (QED) is 0.669. The van der Waals surface area contributed by atoms with E-state index >= 15 is 0 Å². The number of fused-ring (bicyclic) bond motifs is 1. The normalized spacial score (nSPS) is 10.7. The lowest BCUT2D eigenvalue weighted by atomic mass is 10.1. The fraction of sp³-hybridized carbons (Fsp3) is 0.0714. The van der Waals surface area contributed by atoms with E-state index < -0.39 is 0 Å². The van der Waals surface area contributed by atoms with Crippen molar-refractivity contribution in [1.82, 2.24) is 9.55 Å². The number of carbonyl (C=O) groups is 1. The molecule has 0 spiro atoms. The third-order valence-corrected chi connectivity index (χ3v) is 2.89. The highest BCUT2D eigenvalue weighted by Gasteiger charge is 2.14. The van der Waals surface area contributed by atoms with E-state index in [0.29, 0.717) is 11.1 Å². The van der Waals surface area contributed by atoms with Crippen LogP contribution in [-0.4, -0.2) is 15.3 Å². The van der Waals surface area contributed by atoms with Gasteiger partial charge in [-0.15, -0.1) is 0 Å². The van der Waals surface area contributed by atoms with Crippen molar-refractivity contribution in [1.29, 1.82) is 0 Å². The van der Waals surface area contributed by atoms with Gasteiger partial charge in [0.15, 0.2) is 5.78 Å². The smallest absolute Gasteiger partial charge is 0.253 e. The fourth-order valence-corrected chi connectivity index (χ4v) is 1.93. The number of hydrogen-bond acceptors (Lipinski definition) is 4. The molecule has 3 aromatic rings. The topological polar surface area (TPSA) is 65.1 Å². The predicted octanol–water partition coefficient (Wildman–Crippen LogP) is 1.87. The monoisotopic (exact) mass is 254 g/mol. The molecule has 0 unspecified atom stereocenters. The van der Waals surface area contributed by atoms with E-state index in [2.05, 4.69) is 4.98 Å². The molecule has 0 saturated carbocycles. The van der Waals surface area contributed by atoms with E-state index in [1.54, 1.807) is 6.07 Å². The highest BCUT2D eigenvalue weighted by Crippen LogP contribution is 2.21. The van der Waals surface area contributed by atoms with Crippen molar-refractivity contribution in [3.63, 3.8) is 0 Å². The van der Waals surface area contributed by atoms with Crippen LogP contribution in [0.3, 0.4) is 0 Å². The SMILES string of the molecule is O=C(Cn1cnccc1=O)c1coc2ccccc12. The number of hydrogen-bond donors (Lipinski definition) is 0. The summed E-state index contributed by atoms with van der Waals surface area (Å²) in [6, 6.07) is 8.61. The summed E-state index contributed by atoms with van der Waals surface area (Å²) in [5, 5.41) is 0.754. The molecule has 2 heterocycles. The van der Waals surface area contributed by atoms with Crippen LogP contribution >= 0.6 is 0 Å². The second-order valence-corrected chi connectivity index (χ2v) is 4.12. The van der Waals surface area contributed by atoms with E-state index in [0.717, 1.165) is 5.39 Å². The summed E-state index contributed by atoms with van der Waals surface area (Å²) in [4.78, 5) is 27.6. The van der Waals surface area contributed by atoms with Crippen LogP contribution in [0.4, 0.5) is 0 Å². The molecule has 0 fully saturated rings. The molecule has 0 saturated heterocycles. The van der Waals surface area contributed by atoms with E-state index in [1.807, 2.05) is 18.2 Å². The summed E-state index contributed by atoms with van der Waals surface area (Å²) in [7, 11) is 0. The number of Topliss-reactive ketones (excluding diaryl/α,β-unsaturated/α-hetero) is 1. The van der Waals surface area contributed by atoms with E-state index in [-0.39, 0.29) is 17.9 Å². The Bertz CT molecular complexity index is 801. The molecule has 0 aliphatic rings. The number of aromatic nitrogens is 2. The number of nitrogens with zero attached hydrogens (tertiary/aromatic N) is 2. The Morgan fingerprint density at radius 1 is 1.26 bits per heavy atom. The molecule has 0 bridgehead atoms. The van der Waals surface area contributed by atoms with Gasteiger partial charge in [-0.3, -0.25) is 14.2 Å². The second kappa shape index (κ2) is 4.53. The molecule has 19 heavy (non-hydrogen) atoms. The lowest BCUT2D eigenvalue weighted by Crippen LogP contribution is -2.23. The Balaban J connectivity index is 1.97. The van der Waals surface area contributed by atoms with E-state index in [9.17, 15) is 9.59 Å². The number of rotatable bonds is 3. The van der Waals surface area contributed by atoms with Gasteiger partial charge in [-0.1, -0.05) is 18.2 Å². The lowest BCUT2D eigenvalue weighted by Gasteiger charge is -2.02. The standard InChI is InChI=1S/C14H10N2O3/c17-12(7-16-9-15-6-5-14(16)18)11-8-19-13-4-2-1-3-10(11)13/h1-6,8-9H,7H2. The van der Waals surface area contributed by atoms with Crippen molar-refractivity contribution >= 4 is 16.8 Å². The summed E-state index contributed by atoms with van der Waals surface area (Å²) >= 11 is 0. The fourth-order valence-electron chi connectivity index (χ4n) is 1.93. The summed E-state index contributed by atoms with van der Waals surface area (Å²) in [6.07, 6.45) is 4.17. The van der Waals surface area contributed by atoms with Crippen LogP contribution in [0.25, 0.3) is 11.0 Å². The predicted molar refractivity (Wildman–Crippen MR) is 69.0 cm³/mol. The van der Waals surface area contributed by atoms with Crippen LogP contribution in [-0.2, 0) is 6.54 Å². The van der Waals surface area contributed by atoms with Crippen molar-refractivity contribution < 1.29 is 9.21 Å². The highest BCUT2D eigenvalue weighted by atomic mass is 16.3. The van der Waals surface area contributed by atoms with Crippen LogP contribution < -0.4 is 5.56 Å². The summed E-state index contributed by atoms with van der Waals surface area (Å²) in [5.74, 6) is -0.181. The summed E-state index contributed by atoms with van der Waals surface area (Å²) < 4.78 is 6.58. The molecule has 5 heteroatoms. The number of benzene rings is 1. The van der Waals surface area contributed by atoms with Gasteiger partial charge in [0.25, 0.3) is 5.56 Å². The van der Waals surface area contributed by atoms with Gasteiger partial charge in [0.05, 0.1) is 18.4 Å². The molecule has 2 aromatic heterocycles. The van der Waals surface area contributed by atoms with Gasteiger partial charge in [-0.2, -0.15) is 0 Å². The van der Waals surface area contributed by atoms with Gasteiger partial charge in [0, 0.05) is 17.6 Å². The van der Waals surface area contributed by atoms with E-state index in [1.165, 1.54) is 29.4 Å². The largest absolute Gasteiger partial charge is 0.464 e. The van der Waals surface area contributed by atoms with Crippen LogP contribution in [0, 0.1) is 0 Å². The molecule has 0 atom stereocenters. The molecule has 94 valence electrons. The molecule has 5 nitrogen and oxygen atoms in total. The molecule has 3 rings (SSSR count). The van der Waals surface area contributed by atoms with Crippen molar-refractivity contribution in [2.45, 2.75) is 6.54 Å². The first kappa shape index (κ1) is 11.4. The Labute approximate surface area is 108 Å². The maximum atomic E-state index is 12.2. The third-order valence-electron chi connectivity index (χ3n) is 2.89. The molecule has 0 amide bonds. The zero-order valence-electron chi connectivity index (χ0n) is 9.95. The number of ketones is 1. The average Bonchev–Trinajstić information content (AvgIpc) is 2.85. The molecular formula is C14H10N2O3. The Kier molecular flexibility index (Phi) is 2.72. The van der Waals surface area contributed by atoms with Crippen molar-refractivity contribution in [3.05, 3.63) is 65.0 Å². The molecule has 0 aliphatic carbocycles. The first-order valence-corrected chi connectivity index (χ1v) is 5.75. The van der Waals surface area contributed by atoms with Gasteiger partial charge < -0.3 is 4.42 Å². The van der Waals surface area contributed by atoms with Crippen LogP contribution in [0.2, 0.25) is 0 Å². The van der Waals surface area contributed by atoms with Gasteiger partial charge in [-0.05, 0) is 6.07 Å². The number of para-hydroxylation sites is 1. The number of furan rings is 1. The van der Waals surface area contributed by atoms with Gasteiger partial charge in [0.1, 0.15) is 11.8 Å². The minimum absolute atomic E-state index is 0.0454. The van der Waals surface area contributed by atoms with E-state index in [4.69, 9.17) is 4.42 Å². The van der Waals surface area contributed by atoms with Crippen molar-refractivity contribution in [2.24, 2.45) is 0 Å². The first-order chi connectivity index (χ1) is 9.25. The van der Waals surface area contributed by atoms with Gasteiger partial charge in [-0.25, -0.2) is 4.98 Å². The Hall–Kier alpha value is -2.69. The highest BCUT2D eigenvalue weighted by molar-refractivity contribution is 6.06. The Morgan fingerprint density at radius 3 is 2.95 bits per heavy atom. The molecule has 1 aromatic carbocycles. The first-order valence-electron chi connectivity index (χ1n) is 5.75. The second-order valence-electron chi connectivity index (χ2n) is 4.12. The Morgan fingerprint density at radius 2 is 2.11 bits per heavy atom. The maximum absolute atomic E-state index is 12.2. The minimum Gasteiger partial charge on any atom is -0.464 e. The summed E-state index contributed by atoms with van der Waals surface area (Å²) in [5.41, 5.74) is 0.881. The van der Waals surface area contributed by atoms with Crippen molar-refractivity contribution in [3.8, 4) is 0 Å². The minimum atomic E-state index is -0.254. The molecule has 0 N–H and O–H groups in total. The third kappa shape index (κ3) is 2.06. The zero-order chi connectivity index (χ0) is 13.2. The van der Waals surface area contributed by atoms with Crippen LogP contribution in [0.5, 0.6) is 0 Å². The summed E-state index contributed by atoms with van der Waals surface area (Å²) in [6.45, 7) is -0.0454. The molecule has 0 radical (unpaired) electrons. The zero-order valence-corrected chi connectivity index (χ0v) is 9.95. The molecule has 0 aliphatic heterocycles. The van der Waals surface area contributed by atoms with Gasteiger partial charge >= 0.3 is 0 Å². The van der Waals surface area contributed by atoms with Crippen LogP contribution in [0.1, 0.15) is 10.4 Å². The van der Waals surface area contributed by atoms with Gasteiger partial charge in [0.2, 0.25) is 0 Å². The van der Waals surface area contributed by atoms with Crippen molar-refractivity contribution in [2.75, 3.05) is 0 Å².